The van der Waals surface area contributed by atoms with Gasteiger partial charge in [-0.1, -0.05) is 79.9 Å². The van der Waals surface area contributed by atoms with Crippen LogP contribution in [0.15, 0.2) is 60.7 Å². The van der Waals surface area contributed by atoms with Crippen molar-refractivity contribution in [2.75, 3.05) is 0 Å². The molecule has 1 heterocycles. The molecule has 118 valence electrons. The second-order valence-electron chi connectivity index (χ2n) is 6.58. The molecule has 0 N–H and O–H groups in total. The lowest BCUT2D eigenvalue weighted by Gasteiger charge is -2.24. The summed E-state index contributed by atoms with van der Waals surface area (Å²) < 4.78 is 9.12. The summed E-state index contributed by atoms with van der Waals surface area (Å²) >= 11 is 0. The molecule has 0 spiro atoms. The van der Waals surface area contributed by atoms with Gasteiger partial charge in [0.15, 0.2) is 5.78 Å². The molecule has 1 saturated carbocycles. The molecular weight excluding hydrogens is 282 g/mol. The van der Waals surface area contributed by atoms with Crippen LogP contribution in [0.3, 0.4) is 0 Å². The first-order valence-corrected chi connectivity index (χ1v) is 8.66. The van der Waals surface area contributed by atoms with Gasteiger partial charge in [-0.15, -0.1) is 0 Å². The summed E-state index contributed by atoms with van der Waals surface area (Å²) in [5.74, 6) is 0.0834. The van der Waals surface area contributed by atoms with Crippen molar-refractivity contribution in [3.63, 3.8) is 0 Å². The van der Waals surface area contributed by atoms with Crippen LogP contribution < -0.4 is 0 Å². The third-order valence-corrected chi connectivity index (χ3v) is 5.09. The van der Waals surface area contributed by atoms with E-state index in [1.807, 2.05) is 60.7 Å². The number of Topliss-reactive ketones (excluding diaryl/α,β-unsaturated/α-hetero) is 1. The molecule has 2 aromatic rings. The first-order chi connectivity index (χ1) is 11.7. The maximum absolute atomic E-state index is 13.1. The van der Waals surface area contributed by atoms with Crippen LogP contribution in [0.2, 0.25) is 0 Å². The van der Waals surface area contributed by atoms with Crippen LogP contribution in [0.1, 0.15) is 55.4 Å². The van der Waals surface area contributed by atoms with Gasteiger partial charge in [0.2, 0.25) is 0 Å². The fourth-order valence-corrected chi connectivity index (χ4v) is 3.90. The van der Waals surface area contributed by atoms with E-state index < -0.39 is 6.02 Å². The molecule has 2 fully saturated rings. The van der Waals surface area contributed by atoms with Gasteiger partial charge in [-0.2, -0.15) is 0 Å². The Morgan fingerprint density at radius 3 is 2.17 bits per heavy atom. The molecule has 1 saturated heterocycles. The van der Waals surface area contributed by atoms with Crippen LogP contribution in [0.5, 0.6) is 0 Å². The summed E-state index contributed by atoms with van der Waals surface area (Å²) in [6, 6.07) is 18.4. The maximum Gasteiger partial charge on any atom is 0.181 e. The smallest absolute Gasteiger partial charge is 0.181 e. The summed E-state index contributed by atoms with van der Waals surface area (Å²) in [7, 11) is 0. The van der Waals surface area contributed by atoms with Crippen molar-refractivity contribution in [1.82, 2.24) is 4.90 Å². The molecule has 0 bridgehead atoms. The highest BCUT2D eigenvalue weighted by Crippen LogP contribution is 2.49. The molecular formula is C21H23NO. The summed E-state index contributed by atoms with van der Waals surface area (Å²) in [5, 5.41) is 0. The van der Waals surface area contributed by atoms with Crippen LogP contribution in [0.25, 0.3) is 0 Å². The van der Waals surface area contributed by atoms with Gasteiger partial charge < -0.3 is 0 Å². The lowest BCUT2D eigenvalue weighted by Crippen LogP contribution is -2.26. The minimum absolute atomic E-state index is 0.0834. The van der Waals surface area contributed by atoms with Crippen molar-refractivity contribution < 1.29 is 6.17 Å². The summed E-state index contributed by atoms with van der Waals surface area (Å²) in [4.78, 5) is 15.3. The minimum Gasteiger partial charge on any atom is -0.292 e. The Morgan fingerprint density at radius 1 is 0.913 bits per heavy atom. The molecule has 1 aliphatic carbocycles. The Morgan fingerprint density at radius 2 is 1.52 bits per heavy atom. The largest absolute Gasteiger partial charge is 0.292 e. The van der Waals surface area contributed by atoms with Crippen molar-refractivity contribution in [3.05, 3.63) is 71.8 Å². The van der Waals surface area contributed by atoms with E-state index >= 15 is 0 Å². The van der Waals surface area contributed by atoms with E-state index in [2.05, 4.69) is 4.90 Å². The van der Waals surface area contributed by atoms with Crippen molar-refractivity contribution >= 4 is 5.78 Å². The number of hydrogen-bond donors (Lipinski definition) is 0. The molecule has 1 aliphatic heterocycles. The van der Waals surface area contributed by atoms with Crippen LogP contribution >= 0.6 is 0 Å². The van der Waals surface area contributed by atoms with Gasteiger partial charge in [-0.05, 0) is 18.4 Å². The quantitative estimate of drug-likeness (QED) is 0.606. The Balaban J connectivity index is 1.68. The van der Waals surface area contributed by atoms with Crippen LogP contribution in [-0.4, -0.2) is 22.8 Å². The highest BCUT2D eigenvalue weighted by atomic mass is 16.1. The third-order valence-electron chi connectivity index (χ3n) is 5.09. The van der Waals surface area contributed by atoms with Crippen molar-refractivity contribution in [2.24, 2.45) is 0 Å². The normalized spacial score (nSPS) is 31.4. The minimum atomic E-state index is -0.907. The Hall–Kier alpha value is -1.93. The summed E-state index contributed by atoms with van der Waals surface area (Å²) in [6.45, 7) is 0. The van der Waals surface area contributed by atoms with Gasteiger partial charge in [0.1, 0.15) is 0 Å². The zero-order valence-electron chi connectivity index (χ0n) is 14.3. The second kappa shape index (κ2) is 6.29. The molecule has 0 aromatic heterocycles. The number of ketones is 1. The molecule has 3 atom stereocenters. The van der Waals surface area contributed by atoms with Gasteiger partial charge in [-0.3, -0.25) is 9.69 Å². The average molecular weight is 306 g/mol. The maximum atomic E-state index is 13.1. The highest BCUT2D eigenvalue weighted by Gasteiger charge is 2.55. The highest BCUT2D eigenvalue weighted by molar-refractivity contribution is 6.02. The van der Waals surface area contributed by atoms with Gasteiger partial charge in [-0.25, -0.2) is 0 Å². The topological polar surface area (TPSA) is 20.1 Å². The molecule has 1 unspecified atom stereocenters. The van der Waals surface area contributed by atoms with Gasteiger partial charge in [0, 0.05) is 11.6 Å². The molecule has 23 heavy (non-hydrogen) atoms. The van der Waals surface area contributed by atoms with E-state index in [1.54, 1.807) is 0 Å². The predicted octanol–water partition coefficient (Wildman–Crippen LogP) is 4.63. The molecule has 2 aliphatic rings. The lowest BCUT2D eigenvalue weighted by molar-refractivity contribution is 0.0963. The molecule has 2 heteroatoms. The third kappa shape index (κ3) is 2.84. The molecule has 0 radical (unpaired) electrons. The average Bonchev–Trinajstić information content (AvgIpc) is 3.30. The Labute approximate surface area is 139 Å². The number of carbonyl (C=O) groups is 1. The van der Waals surface area contributed by atoms with E-state index in [1.165, 1.54) is 19.3 Å². The van der Waals surface area contributed by atoms with E-state index in [4.69, 9.17) is 1.37 Å². The van der Waals surface area contributed by atoms with Crippen molar-refractivity contribution in [2.45, 2.75) is 50.2 Å². The number of carbonyl (C=O) groups excluding carboxylic acids is 1. The number of nitrogens with zero attached hydrogens (tertiary/aromatic N) is 1. The fraction of sp³-hybridized carbons (Fsp3) is 0.381. The monoisotopic (exact) mass is 306 g/mol. The number of rotatable bonds is 4. The van der Waals surface area contributed by atoms with Gasteiger partial charge in [0.05, 0.1) is 13.4 Å². The van der Waals surface area contributed by atoms with E-state index in [-0.39, 0.29) is 11.8 Å². The van der Waals surface area contributed by atoms with E-state index in [0.717, 1.165) is 18.4 Å². The number of hydrogen-bond acceptors (Lipinski definition) is 2. The SMILES string of the molecule is [2H][C@@]1(c2ccccc2)[C@@H](C(=O)c2ccccc2)N1C1CCCCC1. The molecule has 2 aromatic carbocycles. The summed E-state index contributed by atoms with van der Waals surface area (Å²) in [6.07, 6.45) is 5.90. The van der Waals surface area contributed by atoms with Gasteiger partial charge >= 0.3 is 0 Å². The van der Waals surface area contributed by atoms with E-state index in [0.29, 0.717) is 11.6 Å². The molecule has 2 nitrogen and oxygen atoms in total. The van der Waals surface area contributed by atoms with Crippen molar-refractivity contribution in [1.29, 1.82) is 0 Å². The van der Waals surface area contributed by atoms with E-state index in [9.17, 15) is 4.79 Å². The first kappa shape index (κ1) is 13.5. The second-order valence-corrected chi connectivity index (χ2v) is 6.58. The van der Waals surface area contributed by atoms with Gasteiger partial charge in [0.25, 0.3) is 0 Å². The zero-order chi connectivity index (χ0) is 16.6. The molecule has 4 rings (SSSR count). The first-order valence-electron chi connectivity index (χ1n) is 9.16. The van der Waals surface area contributed by atoms with Crippen molar-refractivity contribution in [3.8, 4) is 0 Å². The Kier molecular flexibility index (Phi) is 3.69. The van der Waals surface area contributed by atoms with Crippen LogP contribution in [0.4, 0.5) is 0 Å². The fourth-order valence-electron chi connectivity index (χ4n) is 3.90. The van der Waals surface area contributed by atoms with Crippen LogP contribution in [0, 0.1) is 0 Å². The number of benzene rings is 2. The predicted molar refractivity (Wildman–Crippen MR) is 92.5 cm³/mol. The Bertz CT molecular complexity index is 711. The zero-order valence-corrected chi connectivity index (χ0v) is 13.3. The standard InChI is InChI=1S/C21H23NO/c23-21(17-12-6-2-7-13-17)20-19(16-10-4-1-5-11-16)22(20)18-14-8-3-9-15-18/h1-2,4-7,10-13,18-20H,3,8-9,14-15H2/t19-,20+,22?/m1/s1/i19D. The van der Waals surface area contributed by atoms with Crippen LogP contribution in [-0.2, 0) is 0 Å². The summed E-state index contributed by atoms with van der Waals surface area (Å²) in [5.41, 5.74) is 1.65. The lowest BCUT2D eigenvalue weighted by atomic mass is 9.95. The molecule has 0 amide bonds.